The smallest absolute Gasteiger partial charge is 0.268 e. The van der Waals surface area contributed by atoms with Gasteiger partial charge in [-0.2, -0.15) is 22.0 Å². The summed E-state index contributed by atoms with van der Waals surface area (Å²) in [7, 11) is 0. The highest BCUT2D eigenvalue weighted by molar-refractivity contribution is 6.31. The van der Waals surface area contributed by atoms with E-state index in [1.54, 1.807) is 13.8 Å². The monoisotopic (exact) mass is 567 g/mol. The van der Waals surface area contributed by atoms with Crippen molar-refractivity contribution in [3.63, 3.8) is 0 Å². The van der Waals surface area contributed by atoms with Crippen LogP contribution in [0, 0.1) is 13.8 Å². The summed E-state index contributed by atoms with van der Waals surface area (Å²) in [4.78, 5) is 0. The zero-order valence-corrected chi connectivity index (χ0v) is 23.8. The van der Waals surface area contributed by atoms with Crippen molar-refractivity contribution in [2.45, 2.75) is 85.6 Å². The fourth-order valence-corrected chi connectivity index (χ4v) is 3.80. The quantitative estimate of drug-likeness (QED) is 0.261. The predicted octanol–water partition coefficient (Wildman–Crippen LogP) is 10.8. The van der Waals surface area contributed by atoms with E-state index in [2.05, 4.69) is 6.58 Å². The highest BCUT2D eigenvalue weighted by Crippen LogP contribution is 2.41. The average molecular weight is 568 g/mol. The summed E-state index contributed by atoms with van der Waals surface area (Å²) in [6, 6.07) is 1.08. The lowest BCUT2D eigenvalue weighted by molar-refractivity contribution is -0.139. The predicted molar refractivity (Wildman–Crippen MR) is 145 cm³/mol. The van der Waals surface area contributed by atoms with Crippen molar-refractivity contribution in [2.75, 3.05) is 0 Å². The van der Waals surface area contributed by atoms with Gasteiger partial charge in [0.05, 0.1) is 0 Å². The summed E-state index contributed by atoms with van der Waals surface area (Å²) < 4.78 is 98.6. The summed E-state index contributed by atoms with van der Waals surface area (Å²) in [5.41, 5.74) is 2.30. The van der Waals surface area contributed by atoms with Crippen LogP contribution in [-0.2, 0) is 6.05 Å². The Balaban J connectivity index is 0.00000326. The van der Waals surface area contributed by atoms with Gasteiger partial charge in [-0.15, -0.1) is 0 Å². The molecule has 1 nitrogen and oxygen atoms in total. The number of allylic oxidation sites excluding steroid dienone is 2. The Hall–Kier alpha value is -2.32. The highest BCUT2D eigenvalue weighted by atomic mass is 35.5. The highest BCUT2D eigenvalue weighted by Gasteiger charge is 2.40. The van der Waals surface area contributed by atoms with Crippen LogP contribution in [0.5, 0.6) is 0 Å². The summed E-state index contributed by atoms with van der Waals surface area (Å²) in [5, 5.41) is 0.0850. The minimum atomic E-state index is -4.88. The van der Waals surface area contributed by atoms with Crippen LogP contribution in [0.3, 0.4) is 0 Å². The molecule has 214 valence electrons. The lowest BCUT2D eigenvalue weighted by Crippen LogP contribution is -2.27. The third-order valence-corrected chi connectivity index (χ3v) is 5.71. The van der Waals surface area contributed by atoms with Crippen molar-refractivity contribution in [1.82, 2.24) is 0 Å². The number of nitrogens with two attached hydrogens (primary N) is 1. The first-order valence-corrected chi connectivity index (χ1v) is 12.6. The molecule has 1 unspecified atom stereocenters. The van der Waals surface area contributed by atoms with Gasteiger partial charge in [-0.05, 0) is 73.7 Å². The van der Waals surface area contributed by atoms with E-state index in [1.165, 1.54) is 19.9 Å². The van der Waals surface area contributed by atoms with Crippen LogP contribution in [0.25, 0.3) is 11.4 Å². The molecule has 0 heterocycles. The SMILES string of the molecule is C=C(CC(C)(C)F)c1ccc(/C(F)=C/C(c2cc(C)c(C)c(Cl)c2)C(F)(F)F)cc1C(N)(F)F.CC.CC. The Kier molecular flexibility index (Phi) is 13.3. The van der Waals surface area contributed by atoms with E-state index >= 15 is 4.39 Å². The fourth-order valence-electron chi connectivity index (χ4n) is 3.52. The minimum Gasteiger partial charge on any atom is -0.268 e. The summed E-state index contributed by atoms with van der Waals surface area (Å²) in [5.74, 6) is -3.77. The number of benzene rings is 2. The molecule has 0 amide bonds. The maximum Gasteiger partial charge on any atom is 0.399 e. The van der Waals surface area contributed by atoms with E-state index in [4.69, 9.17) is 17.3 Å². The Bertz CT molecular complexity index is 1080. The van der Waals surface area contributed by atoms with Crippen LogP contribution in [0.2, 0.25) is 5.02 Å². The van der Waals surface area contributed by atoms with Crippen LogP contribution < -0.4 is 5.73 Å². The van der Waals surface area contributed by atoms with Crippen molar-refractivity contribution < 1.29 is 30.7 Å². The lowest BCUT2D eigenvalue weighted by Gasteiger charge is -2.22. The largest absolute Gasteiger partial charge is 0.399 e. The number of hydrogen-bond acceptors (Lipinski definition) is 1. The van der Waals surface area contributed by atoms with Gasteiger partial charge in [0.1, 0.15) is 17.4 Å². The molecule has 1 atom stereocenters. The van der Waals surface area contributed by atoms with E-state index < -0.39 is 40.8 Å². The number of aryl methyl sites for hydroxylation is 1. The third-order valence-electron chi connectivity index (χ3n) is 5.32. The van der Waals surface area contributed by atoms with Crippen molar-refractivity contribution in [3.05, 3.63) is 81.4 Å². The molecule has 2 rings (SSSR count). The molecule has 2 aromatic carbocycles. The number of hydrogen-bond donors (Lipinski definition) is 1. The Morgan fingerprint density at radius 3 is 1.92 bits per heavy atom. The Morgan fingerprint density at radius 2 is 1.50 bits per heavy atom. The standard InChI is InChI=1S/C25H25ClF7N.2C2H6/c1-13-8-17(10-21(26)15(13)3)19(24(29,30)31)11-22(27)16-6-7-18(14(2)12-23(4,5)28)20(9-16)25(32,33)34;2*1-2/h6-11,19H,2,12,34H2,1,3-5H3;2*1-2H3/b22-11-;;. The molecule has 0 spiro atoms. The molecule has 0 radical (unpaired) electrons. The van der Waals surface area contributed by atoms with Crippen LogP contribution >= 0.6 is 11.6 Å². The summed E-state index contributed by atoms with van der Waals surface area (Å²) in [6.07, 6.45) is -4.89. The van der Waals surface area contributed by atoms with Gasteiger partial charge in [-0.3, -0.25) is 5.73 Å². The molecule has 0 aliphatic heterocycles. The molecular formula is C29H37ClF7N. The maximum absolute atomic E-state index is 15.0. The molecule has 0 saturated carbocycles. The molecule has 2 aromatic rings. The minimum absolute atomic E-state index is 0.0125. The molecule has 0 fully saturated rings. The summed E-state index contributed by atoms with van der Waals surface area (Å²) in [6.45, 7) is 17.3. The molecule has 38 heavy (non-hydrogen) atoms. The van der Waals surface area contributed by atoms with E-state index in [9.17, 15) is 26.3 Å². The number of alkyl halides is 6. The first-order chi connectivity index (χ1) is 17.3. The van der Waals surface area contributed by atoms with Crippen LogP contribution in [0.15, 0.2) is 43.0 Å². The van der Waals surface area contributed by atoms with Crippen molar-refractivity contribution >= 4 is 23.0 Å². The van der Waals surface area contributed by atoms with Crippen molar-refractivity contribution in [2.24, 2.45) is 5.73 Å². The van der Waals surface area contributed by atoms with Gasteiger partial charge in [-0.25, -0.2) is 8.78 Å². The Labute approximate surface area is 226 Å². The van der Waals surface area contributed by atoms with Gasteiger partial charge in [0.2, 0.25) is 0 Å². The molecule has 0 bridgehead atoms. The molecule has 0 aromatic heterocycles. The second-order valence-electron chi connectivity index (χ2n) is 8.86. The third kappa shape index (κ3) is 10.1. The average Bonchev–Trinajstić information content (AvgIpc) is 2.80. The fraction of sp³-hybridized carbons (Fsp3) is 0.448. The lowest BCUT2D eigenvalue weighted by atomic mass is 9.90. The van der Waals surface area contributed by atoms with Crippen molar-refractivity contribution in [1.29, 1.82) is 0 Å². The molecule has 0 aliphatic carbocycles. The first kappa shape index (κ1) is 35.7. The van der Waals surface area contributed by atoms with Crippen LogP contribution in [-0.4, -0.2) is 11.8 Å². The molecule has 9 heteroatoms. The number of halogens is 8. The summed E-state index contributed by atoms with van der Waals surface area (Å²) >= 11 is 6.02. The van der Waals surface area contributed by atoms with Gasteiger partial charge < -0.3 is 0 Å². The zero-order valence-electron chi connectivity index (χ0n) is 23.1. The van der Waals surface area contributed by atoms with E-state index in [0.29, 0.717) is 23.3 Å². The molecule has 0 aliphatic rings. The first-order valence-electron chi connectivity index (χ1n) is 12.2. The van der Waals surface area contributed by atoms with Gasteiger partial charge in [0.15, 0.2) is 0 Å². The van der Waals surface area contributed by atoms with Gasteiger partial charge >= 0.3 is 12.2 Å². The topological polar surface area (TPSA) is 26.0 Å². The van der Waals surface area contributed by atoms with Gasteiger partial charge in [0, 0.05) is 22.6 Å². The number of rotatable bonds is 7. The van der Waals surface area contributed by atoms with E-state index in [0.717, 1.165) is 18.2 Å². The second kappa shape index (κ2) is 14.2. The van der Waals surface area contributed by atoms with Gasteiger partial charge in [0.25, 0.3) is 0 Å². The second-order valence-corrected chi connectivity index (χ2v) is 9.27. The maximum atomic E-state index is 15.0. The van der Waals surface area contributed by atoms with Crippen LogP contribution in [0.1, 0.15) is 87.3 Å². The van der Waals surface area contributed by atoms with E-state index in [-0.39, 0.29) is 28.1 Å². The zero-order chi connectivity index (χ0) is 30.2. The molecular weight excluding hydrogens is 531 g/mol. The van der Waals surface area contributed by atoms with Gasteiger partial charge in [-0.1, -0.05) is 64.1 Å². The molecule has 0 saturated heterocycles. The Morgan fingerprint density at radius 1 is 0.974 bits per heavy atom. The van der Waals surface area contributed by atoms with Crippen molar-refractivity contribution in [3.8, 4) is 0 Å². The normalized spacial score (nSPS) is 13.1. The molecule has 2 N–H and O–H groups in total. The van der Waals surface area contributed by atoms with Crippen LogP contribution in [0.4, 0.5) is 30.7 Å². The van der Waals surface area contributed by atoms with E-state index in [1.807, 2.05) is 27.7 Å².